The lowest BCUT2D eigenvalue weighted by molar-refractivity contribution is -0.154. The van der Waals surface area contributed by atoms with E-state index in [0.717, 1.165) is 76.5 Å². The molecule has 0 aliphatic carbocycles. The molecule has 1 aliphatic heterocycles. The van der Waals surface area contributed by atoms with Crippen molar-refractivity contribution in [2.24, 2.45) is 4.99 Å². The lowest BCUT2D eigenvalue weighted by Gasteiger charge is -2.33. The molecule has 0 aromatic carbocycles. The van der Waals surface area contributed by atoms with Crippen molar-refractivity contribution >= 4 is 17.7 Å². The van der Waals surface area contributed by atoms with E-state index in [4.69, 9.17) is 9.73 Å². The average molecular weight is 432 g/mol. The number of ether oxygens (including phenoxy) is 1. The van der Waals surface area contributed by atoms with Gasteiger partial charge in [-0.05, 0) is 65.5 Å². The Kier molecular flexibility index (Phi) is 10.6. The molecule has 7 heteroatoms. The number of piperidine rings is 1. The Labute approximate surface area is 188 Å². The zero-order chi connectivity index (χ0) is 22.5. The normalized spacial score (nSPS) is 15.6. The van der Waals surface area contributed by atoms with E-state index in [1.807, 2.05) is 39.1 Å². The molecule has 0 bridgehead atoms. The van der Waals surface area contributed by atoms with Crippen molar-refractivity contribution in [2.75, 3.05) is 31.1 Å². The van der Waals surface area contributed by atoms with E-state index in [9.17, 15) is 4.79 Å². The maximum Gasteiger partial charge on any atom is 0.306 e. The van der Waals surface area contributed by atoms with Gasteiger partial charge >= 0.3 is 5.97 Å². The lowest BCUT2D eigenvalue weighted by atomic mass is 10.1. The summed E-state index contributed by atoms with van der Waals surface area (Å²) < 4.78 is 5.34. The summed E-state index contributed by atoms with van der Waals surface area (Å²) >= 11 is 0. The van der Waals surface area contributed by atoms with Gasteiger partial charge in [-0.25, -0.2) is 4.98 Å². The van der Waals surface area contributed by atoms with E-state index >= 15 is 0 Å². The van der Waals surface area contributed by atoms with Crippen LogP contribution < -0.4 is 15.5 Å². The topological polar surface area (TPSA) is 78.8 Å². The molecule has 174 valence electrons. The van der Waals surface area contributed by atoms with Gasteiger partial charge in [0, 0.05) is 44.8 Å². The first-order valence-electron chi connectivity index (χ1n) is 11.8. The fraction of sp³-hybridized carbons (Fsp3) is 0.708. The molecule has 7 nitrogen and oxygen atoms in total. The van der Waals surface area contributed by atoms with Crippen LogP contribution in [-0.4, -0.2) is 54.7 Å². The first-order valence-corrected chi connectivity index (χ1v) is 11.8. The molecule has 2 N–H and O–H groups in total. The summed E-state index contributed by atoms with van der Waals surface area (Å²) in [5.74, 6) is 1.87. The second-order valence-electron chi connectivity index (χ2n) is 9.10. The van der Waals surface area contributed by atoms with Crippen molar-refractivity contribution in [3.63, 3.8) is 0 Å². The highest BCUT2D eigenvalue weighted by Gasteiger charge is 2.20. The second-order valence-corrected chi connectivity index (χ2v) is 9.10. The molecule has 2 heterocycles. The largest absolute Gasteiger partial charge is 0.460 e. The number of carbonyl (C=O) groups excluding carboxylic acids is 1. The van der Waals surface area contributed by atoms with Gasteiger partial charge in [0.25, 0.3) is 0 Å². The summed E-state index contributed by atoms with van der Waals surface area (Å²) in [6.45, 7) is 11.5. The van der Waals surface area contributed by atoms with Crippen molar-refractivity contribution in [3.8, 4) is 0 Å². The number of aromatic nitrogens is 1. The molecular formula is C24H41N5O2. The van der Waals surface area contributed by atoms with Crippen molar-refractivity contribution in [3.05, 3.63) is 24.4 Å². The van der Waals surface area contributed by atoms with E-state index in [-0.39, 0.29) is 5.97 Å². The predicted octanol–water partition coefficient (Wildman–Crippen LogP) is 3.90. The van der Waals surface area contributed by atoms with Crippen LogP contribution in [0.3, 0.4) is 0 Å². The number of guanidine groups is 1. The highest BCUT2D eigenvalue weighted by Crippen LogP contribution is 2.17. The Balaban J connectivity index is 1.63. The number of anilines is 1. The fourth-order valence-corrected chi connectivity index (χ4v) is 3.63. The van der Waals surface area contributed by atoms with Gasteiger partial charge in [-0.2, -0.15) is 0 Å². The zero-order valence-corrected chi connectivity index (χ0v) is 19.8. The zero-order valence-electron chi connectivity index (χ0n) is 19.8. The van der Waals surface area contributed by atoms with Crippen LogP contribution >= 0.6 is 0 Å². The fourth-order valence-electron chi connectivity index (χ4n) is 3.63. The number of nitrogens with one attached hydrogen (secondary N) is 2. The van der Waals surface area contributed by atoms with Crippen molar-refractivity contribution in [1.29, 1.82) is 0 Å². The number of esters is 1. The van der Waals surface area contributed by atoms with Gasteiger partial charge in [-0.1, -0.05) is 18.9 Å². The van der Waals surface area contributed by atoms with Crippen molar-refractivity contribution < 1.29 is 9.53 Å². The summed E-state index contributed by atoms with van der Waals surface area (Å²) in [4.78, 5) is 23.3. The summed E-state index contributed by atoms with van der Waals surface area (Å²) in [5.41, 5.74) is -0.392. The molecule has 31 heavy (non-hydrogen) atoms. The third-order valence-electron chi connectivity index (χ3n) is 5.13. The lowest BCUT2D eigenvalue weighted by Crippen LogP contribution is -2.49. The van der Waals surface area contributed by atoms with Gasteiger partial charge in [0.05, 0.1) is 0 Å². The van der Waals surface area contributed by atoms with Gasteiger partial charge < -0.3 is 20.3 Å². The highest BCUT2D eigenvalue weighted by atomic mass is 16.6. The van der Waals surface area contributed by atoms with E-state index in [1.54, 1.807) is 0 Å². The molecule has 0 atom stereocenters. The quantitative estimate of drug-likeness (QED) is 0.253. The maximum absolute atomic E-state index is 11.7. The van der Waals surface area contributed by atoms with Crippen LogP contribution in [0.25, 0.3) is 0 Å². The summed E-state index contributed by atoms with van der Waals surface area (Å²) in [6.07, 6.45) is 8.53. The predicted molar refractivity (Wildman–Crippen MR) is 128 cm³/mol. The van der Waals surface area contributed by atoms with E-state index in [0.29, 0.717) is 12.5 Å². The molecular weight excluding hydrogens is 390 g/mol. The molecule has 1 saturated heterocycles. The molecule has 1 aromatic rings. The molecule has 0 amide bonds. The average Bonchev–Trinajstić information content (AvgIpc) is 2.73. The molecule has 1 aliphatic rings. The molecule has 0 saturated carbocycles. The Morgan fingerprint density at radius 2 is 1.94 bits per heavy atom. The van der Waals surface area contributed by atoms with Crippen LogP contribution in [0, 0.1) is 0 Å². The monoisotopic (exact) mass is 431 g/mol. The van der Waals surface area contributed by atoms with Crippen LogP contribution in [0.15, 0.2) is 29.4 Å². The Hall–Kier alpha value is -2.31. The first-order chi connectivity index (χ1) is 14.9. The van der Waals surface area contributed by atoms with Crippen molar-refractivity contribution in [2.45, 2.75) is 84.3 Å². The Morgan fingerprint density at radius 1 is 1.19 bits per heavy atom. The summed E-state index contributed by atoms with van der Waals surface area (Å²) in [7, 11) is 0. The van der Waals surface area contributed by atoms with Crippen LogP contribution in [0.1, 0.15) is 72.6 Å². The molecule has 1 aromatic heterocycles. The van der Waals surface area contributed by atoms with E-state index < -0.39 is 5.60 Å². The summed E-state index contributed by atoms with van der Waals surface area (Å²) in [5, 5.41) is 6.96. The third-order valence-corrected chi connectivity index (χ3v) is 5.13. The SMILES string of the molecule is CCNC(=NCCCCCCC(=O)OC(C)(C)C)NC1CCN(c2ccccn2)CC1. The van der Waals surface area contributed by atoms with Crippen LogP contribution in [0.5, 0.6) is 0 Å². The van der Waals surface area contributed by atoms with Gasteiger partial charge in [0.2, 0.25) is 0 Å². The highest BCUT2D eigenvalue weighted by molar-refractivity contribution is 5.80. The molecule has 1 fully saturated rings. The van der Waals surface area contributed by atoms with Gasteiger partial charge in [-0.3, -0.25) is 9.79 Å². The van der Waals surface area contributed by atoms with Crippen LogP contribution in [-0.2, 0) is 9.53 Å². The minimum Gasteiger partial charge on any atom is -0.460 e. The number of unbranched alkanes of at least 4 members (excludes halogenated alkanes) is 3. The van der Waals surface area contributed by atoms with E-state index in [1.165, 1.54) is 0 Å². The standard InChI is InChI=1S/C24H41N5O2/c1-5-25-23(27-17-10-7-6-8-13-22(30)31-24(2,3)4)28-20-14-18-29(19-15-20)21-12-9-11-16-26-21/h9,11-12,16,20H,5-8,10,13-15,17-19H2,1-4H3,(H2,25,27,28). The Morgan fingerprint density at radius 3 is 2.58 bits per heavy atom. The number of nitrogens with zero attached hydrogens (tertiary/aromatic N) is 3. The second kappa shape index (κ2) is 13.2. The molecule has 0 unspecified atom stereocenters. The van der Waals surface area contributed by atoms with Crippen molar-refractivity contribution in [1.82, 2.24) is 15.6 Å². The first kappa shape index (κ1) is 25.0. The molecule has 0 radical (unpaired) electrons. The van der Waals surface area contributed by atoms with Gasteiger partial charge in [0.15, 0.2) is 5.96 Å². The number of rotatable bonds is 10. The minimum atomic E-state index is -0.392. The number of hydrogen-bond acceptors (Lipinski definition) is 5. The number of hydrogen-bond donors (Lipinski definition) is 2. The minimum absolute atomic E-state index is 0.0988. The molecule has 2 rings (SSSR count). The van der Waals surface area contributed by atoms with E-state index in [2.05, 4.69) is 33.5 Å². The smallest absolute Gasteiger partial charge is 0.306 e. The Bertz CT molecular complexity index is 664. The summed E-state index contributed by atoms with van der Waals surface area (Å²) in [6, 6.07) is 6.51. The maximum atomic E-state index is 11.7. The number of carbonyl (C=O) groups is 1. The van der Waals surface area contributed by atoms with Gasteiger partial charge in [0.1, 0.15) is 11.4 Å². The number of aliphatic imine (C=N–C) groups is 1. The number of pyridine rings is 1. The van der Waals surface area contributed by atoms with Gasteiger partial charge in [-0.15, -0.1) is 0 Å². The van der Waals surface area contributed by atoms with Crippen LogP contribution in [0.2, 0.25) is 0 Å². The molecule has 0 spiro atoms. The third kappa shape index (κ3) is 10.5. The van der Waals surface area contributed by atoms with Crippen LogP contribution in [0.4, 0.5) is 5.82 Å².